The molecule has 0 aliphatic heterocycles. The molecule has 2 rings (SSSR count). The van der Waals surface area contributed by atoms with E-state index in [9.17, 15) is 9.50 Å². The van der Waals surface area contributed by atoms with Crippen molar-refractivity contribution in [2.75, 3.05) is 0 Å². The van der Waals surface area contributed by atoms with E-state index in [4.69, 9.17) is 5.26 Å². The van der Waals surface area contributed by atoms with Crippen LogP contribution >= 0.6 is 0 Å². The maximum Gasteiger partial charge on any atom is 0.151 e. The molecule has 0 radical (unpaired) electrons. The molecule has 0 fully saturated rings. The minimum atomic E-state index is -0.284. The van der Waals surface area contributed by atoms with Gasteiger partial charge >= 0.3 is 0 Å². The van der Waals surface area contributed by atoms with Gasteiger partial charge in [0.25, 0.3) is 0 Å². The number of benzene rings is 1. The Hall–Kier alpha value is -2.41. The normalized spacial score (nSPS) is 9.94. The number of nitrogens with zero attached hydrogens (tertiary/aromatic N) is 2. The molecule has 1 N–H and O–H groups in total. The monoisotopic (exact) mass is 228 g/mol. The summed E-state index contributed by atoms with van der Waals surface area (Å²) in [5, 5.41) is 18.1. The number of aromatic nitrogens is 1. The molecule has 0 saturated carbocycles. The van der Waals surface area contributed by atoms with Crippen molar-refractivity contribution in [3.63, 3.8) is 0 Å². The van der Waals surface area contributed by atoms with Crippen LogP contribution in [0.2, 0.25) is 0 Å². The van der Waals surface area contributed by atoms with Gasteiger partial charge < -0.3 is 5.11 Å². The number of halogens is 1. The van der Waals surface area contributed by atoms with Gasteiger partial charge in [0.1, 0.15) is 11.9 Å². The number of rotatable bonds is 1. The first kappa shape index (κ1) is 11.1. The van der Waals surface area contributed by atoms with Crippen LogP contribution in [-0.2, 0) is 0 Å². The summed E-state index contributed by atoms with van der Waals surface area (Å²) in [5.74, 6) is -0.442. The molecule has 0 atom stereocenters. The number of aryl methyl sites for hydroxylation is 1. The summed E-state index contributed by atoms with van der Waals surface area (Å²) in [6, 6.07) is 7.93. The number of hydrogen-bond donors (Lipinski definition) is 1. The maximum atomic E-state index is 13.1. The highest BCUT2D eigenvalue weighted by Crippen LogP contribution is 2.24. The highest BCUT2D eigenvalue weighted by molar-refractivity contribution is 5.63. The molecule has 1 aromatic carbocycles. The van der Waals surface area contributed by atoms with Gasteiger partial charge in [-0.1, -0.05) is 0 Å². The quantitative estimate of drug-likeness (QED) is 0.816. The Balaban J connectivity index is 2.54. The van der Waals surface area contributed by atoms with Crippen LogP contribution in [0.15, 0.2) is 30.5 Å². The summed E-state index contributed by atoms with van der Waals surface area (Å²) in [6.45, 7) is 1.66. The predicted octanol–water partition coefficient (Wildman–Crippen LogP) is 2.77. The predicted molar refractivity (Wildman–Crippen MR) is 60.7 cm³/mol. The van der Waals surface area contributed by atoms with E-state index in [2.05, 4.69) is 4.98 Å². The average molecular weight is 228 g/mol. The van der Waals surface area contributed by atoms with E-state index < -0.39 is 0 Å². The zero-order valence-electron chi connectivity index (χ0n) is 9.11. The largest absolute Gasteiger partial charge is 0.505 e. The van der Waals surface area contributed by atoms with Crippen LogP contribution in [0, 0.1) is 24.1 Å². The van der Waals surface area contributed by atoms with Crippen molar-refractivity contribution >= 4 is 0 Å². The Morgan fingerprint density at radius 3 is 2.76 bits per heavy atom. The molecule has 0 saturated heterocycles. The fraction of sp³-hybridized carbons (Fsp3) is 0.0769. The first-order chi connectivity index (χ1) is 8.11. The molecule has 17 heavy (non-hydrogen) atoms. The van der Waals surface area contributed by atoms with Crippen LogP contribution < -0.4 is 0 Å². The number of pyridine rings is 1. The Kier molecular flexibility index (Phi) is 2.75. The molecule has 0 unspecified atom stereocenters. The van der Waals surface area contributed by atoms with Gasteiger partial charge in [0.2, 0.25) is 0 Å². The molecular weight excluding hydrogens is 219 g/mol. The molecule has 0 amide bonds. The van der Waals surface area contributed by atoms with Gasteiger partial charge in [0, 0.05) is 5.56 Å². The third-order valence-corrected chi connectivity index (χ3v) is 2.46. The van der Waals surface area contributed by atoms with Gasteiger partial charge in [-0.05, 0) is 36.8 Å². The highest BCUT2D eigenvalue weighted by atomic mass is 19.1. The molecule has 0 aliphatic carbocycles. The van der Waals surface area contributed by atoms with Gasteiger partial charge in [0.05, 0.1) is 17.5 Å². The van der Waals surface area contributed by atoms with Crippen molar-refractivity contribution in [3.8, 4) is 23.1 Å². The molecule has 0 bridgehead atoms. The Labute approximate surface area is 97.8 Å². The second-order valence-corrected chi connectivity index (χ2v) is 3.66. The maximum absolute atomic E-state index is 13.1. The number of nitriles is 1. The smallest absolute Gasteiger partial charge is 0.151 e. The van der Waals surface area contributed by atoms with Gasteiger partial charge in [-0.25, -0.2) is 4.39 Å². The zero-order valence-corrected chi connectivity index (χ0v) is 9.11. The fourth-order valence-corrected chi connectivity index (χ4v) is 1.50. The summed E-state index contributed by atoms with van der Waals surface area (Å²) < 4.78 is 13.1. The minimum Gasteiger partial charge on any atom is -0.505 e. The van der Waals surface area contributed by atoms with Gasteiger partial charge in [-0.3, -0.25) is 4.98 Å². The molecule has 1 aromatic heterocycles. The lowest BCUT2D eigenvalue weighted by molar-refractivity contribution is 0.471. The minimum absolute atomic E-state index is 0.150. The van der Waals surface area contributed by atoms with E-state index >= 15 is 0 Å². The molecule has 4 heteroatoms. The number of aromatic hydroxyl groups is 1. The van der Waals surface area contributed by atoms with Crippen LogP contribution in [0.1, 0.15) is 11.1 Å². The summed E-state index contributed by atoms with van der Waals surface area (Å²) in [7, 11) is 0. The van der Waals surface area contributed by atoms with E-state index in [1.807, 2.05) is 6.07 Å². The lowest BCUT2D eigenvalue weighted by Gasteiger charge is -2.04. The van der Waals surface area contributed by atoms with Crippen molar-refractivity contribution in [1.29, 1.82) is 5.26 Å². The molecule has 2 aromatic rings. The second-order valence-electron chi connectivity index (χ2n) is 3.66. The molecule has 3 nitrogen and oxygen atoms in total. The second kappa shape index (κ2) is 4.22. The SMILES string of the molecule is Cc1cc(-c2cc(C#N)c(O)cn2)ccc1F. The van der Waals surface area contributed by atoms with Crippen LogP contribution in [0.4, 0.5) is 4.39 Å². The summed E-state index contributed by atoms with van der Waals surface area (Å²) >= 11 is 0. The van der Waals surface area contributed by atoms with Gasteiger partial charge in [-0.15, -0.1) is 0 Å². The molecule has 84 valence electrons. The van der Waals surface area contributed by atoms with Crippen molar-refractivity contribution in [2.24, 2.45) is 0 Å². The molecule has 1 heterocycles. The van der Waals surface area contributed by atoms with Crippen LogP contribution in [0.5, 0.6) is 5.75 Å². The third kappa shape index (κ3) is 2.08. The lowest BCUT2D eigenvalue weighted by atomic mass is 10.1. The first-order valence-corrected chi connectivity index (χ1v) is 4.97. The van der Waals surface area contributed by atoms with E-state index in [1.165, 1.54) is 18.3 Å². The van der Waals surface area contributed by atoms with Crippen molar-refractivity contribution in [2.45, 2.75) is 6.92 Å². The summed E-state index contributed by atoms with van der Waals surface area (Å²) in [4.78, 5) is 4.00. The fourth-order valence-electron chi connectivity index (χ4n) is 1.50. The Morgan fingerprint density at radius 2 is 2.12 bits per heavy atom. The van der Waals surface area contributed by atoms with Crippen molar-refractivity contribution < 1.29 is 9.50 Å². The third-order valence-electron chi connectivity index (χ3n) is 2.46. The van der Waals surface area contributed by atoms with E-state index in [0.29, 0.717) is 16.8 Å². The van der Waals surface area contributed by atoms with E-state index in [-0.39, 0.29) is 17.1 Å². The van der Waals surface area contributed by atoms with E-state index in [0.717, 1.165) is 0 Å². The zero-order chi connectivity index (χ0) is 12.4. The summed E-state index contributed by atoms with van der Waals surface area (Å²) in [5.41, 5.74) is 1.90. The van der Waals surface area contributed by atoms with Crippen LogP contribution in [0.25, 0.3) is 11.3 Å². The molecule has 0 aliphatic rings. The van der Waals surface area contributed by atoms with Gasteiger partial charge in [-0.2, -0.15) is 5.26 Å². The Morgan fingerprint density at radius 1 is 1.35 bits per heavy atom. The van der Waals surface area contributed by atoms with Crippen LogP contribution in [-0.4, -0.2) is 10.1 Å². The Bertz CT molecular complexity index is 617. The first-order valence-electron chi connectivity index (χ1n) is 4.97. The average Bonchev–Trinajstić information content (AvgIpc) is 2.33. The van der Waals surface area contributed by atoms with Gasteiger partial charge in [0.15, 0.2) is 5.75 Å². The lowest BCUT2D eigenvalue weighted by Crippen LogP contribution is -1.88. The molecular formula is C13H9FN2O. The van der Waals surface area contributed by atoms with Crippen molar-refractivity contribution in [1.82, 2.24) is 4.98 Å². The number of hydrogen-bond acceptors (Lipinski definition) is 3. The topological polar surface area (TPSA) is 56.9 Å². The standard InChI is InChI=1S/C13H9FN2O/c1-8-4-9(2-3-11(8)14)12-5-10(6-15)13(17)7-16-12/h2-5,7,17H,1H3. The van der Waals surface area contributed by atoms with E-state index in [1.54, 1.807) is 19.1 Å². The molecule has 0 spiro atoms. The summed E-state index contributed by atoms with van der Waals surface area (Å²) in [6.07, 6.45) is 1.21. The highest BCUT2D eigenvalue weighted by Gasteiger charge is 2.07. The van der Waals surface area contributed by atoms with Crippen LogP contribution in [0.3, 0.4) is 0 Å². The van der Waals surface area contributed by atoms with Crippen molar-refractivity contribution in [3.05, 3.63) is 47.4 Å².